The zero-order valence-electron chi connectivity index (χ0n) is 60.7. The first-order valence-corrected chi connectivity index (χ1v) is 36.8. The van der Waals surface area contributed by atoms with Crippen molar-refractivity contribution < 1.29 is 183 Å². The van der Waals surface area contributed by atoms with Gasteiger partial charge in [-0.15, -0.1) is 0 Å². The van der Waals surface area contributed by atoms with Crippen LogP contribution >= 0.6 is 0 Å². The van der Waals surface area contributed by atoms with Gasteiger partial charge in [-0.1, -0.05) is 32.1 Å². The van der Waals surface area contributed by atoms with Crippen molar-refractivity contribution in [2.24, 2.45) is 5.73 Å². The highest BCUT2D eigenvalue weighted by Crippen LogP contribution is 2.34. The second-order valence-corrected chi connectivity index (χ2v) is 27.4. The molecule has 3 amide bonds. The topological polar surface area (TPSA) is 675 Å². The SMILES string of the molecule is CC(=O)[C@H](CCCCN)NNC(=O)CCCCCCC(=O)NCCO[C@@H]1O[C@H](CO[C@H]2O[C@H](CO)[C@@H](O)[C@H](O)[C@@H]2O)[C@@H](O)[C@H](O[C@H]2O[C@H](CO)[C@@H](O)[C@H](O)[C@@H]2O)[C@@H]1O.CCNC(=O)CCCCCCC(=O)CCCO[C@@H]1O[C@H](CO[C@H]2O[C@H](CO)[C@@H](O)[C@H](O)[C@@H]2O)[C@@H](O)[C@H](O[C@H]2O[C@H](CO)[C@@H](O)[C@H](O)[C@@H]2O)[C@@H]1O. The highest BCUT2D eigenvalue weighted by atomic mass is 16.8. The number of nitrogens with one attached hydrogen (secondary N) is 4. The van der Waals surface area contributed by atoms with Gasteiger partial charge in [0.15, 0.2) is 37.7 Å². The highest BCUT2D eigenvalue weighted by Gasteiger charge is 2.55. The Labute approximate surface area is 623 Å². The molecule has 6 aliphatic heterocycles. The number of hydrogen-bond donors (Lipinski definition) is 25. The molecule has 6 aliphatic rings. The fourth-order valence-electron chi connectivity index (χ4n) is 12.5. The van der Waals surface area contributed by atoms with Crippen LogP contribution in [-0.4, -0.2) is 394 Å². The number of amides is 3. The molecule has 0 aromatic carbocycles. The Kier molecular flexibility index (Phi) is 43.3. The van der Waals surface area contributed by atoms with Crippen molar-refractivity contribution >= 4 is 29.3 Å². The van der Waals surface area contributed by atoms with Gasteiger partial charge in [-0.25, -0.2) is 5.43 Å². The van der Waals surface area contributed by atoms with Crippen LogP contribution in [0.15, 0.2) is 0 Å². The fraction of sp³-hybridized carbons (Fsp3) is 0.924. The summed E-state index contributed by atoms with van der Waals surface area (Å²) < 4.78 is 66.6. The molecule has 0 aliphatic carbocycles. The molecule has 0 radical (unpaired) electrons. The molecule has 0 aromatic heterocycles. The van der Waals surface area contributed by atoms with Gasteiger partial charge in [-0.3, -0.25) is 29.4 Å². The molecule has 108 heavy (non-hydrogen) atoms. The van der Waals surface area contributed by atoms with E-state index < -0.39 is 230 Å². The number of rotatable bonds is 45. The molecule has 630 valence electrons. The summed E-state index contributed by atoms with van der Waals surface area (Å²) in [6.45, 7) is -0.145. The van der Waals surface area contributed by atoms with Crippen molar-refractivity contribution in [3.05, 3.63) is 0 Å². The minimum absolute atomic E-state index is 0.00423. The van der Waals surface area contributed by atoms with Gasteiger partial charge in [0.25, 0.3) is 0 Å². The van der Waals surface area contributed by atoms with Gasteiger partial charge < -0.3 is 175 Å². The van der Waals surface area contributed by atoms with Gasteiger partial charge in [0, 0.05) is 45.2 Å². The van der Waals surface area contributed by atoms with Crippen LogP contribution in [0.1, 0.15) is 123 Å². The Balaban J connectivity index is 0.000000391. The molecule has 6 saturated heterocycles. The monoisotopic (exact) mass is 1570 g/mol. The number of aliphatic hydroxyl groups excluding tert-OH is 20. The molecule has 0 unspecified atom stereocenters. The zero-order chi connectivity index (χ0) is 79.9. The maximum atomic E-state index is 12.4. The number of ketones is 2. The second kappa shape index (κ2) is 49.2. The molecule has 0 aromatic rings. The van der Waals surface area contributed by atoms with E-state index in [0.717, 1.165) is 32.1 Å². The predicted molar refractivity (Wildman–Crippen MR) is 360 cm³/mol. The van der Waals surface area contributed by atoms with Crippen molar-refractivity contribution in [2.45, 2.75) is 313 Å². The van der Waals surface area contributed by atoms with Crippen molar-refractivity contribution in [3.63, 3.8) is 0 Å². The summed E-state index contributed by atoms with van der Waals surface area (Å²) in [6.07, 6.45) is -40.5. The fourth-order valence-corrected chi connectivity index (χ4v) is 12.5. The molecule has 0 bridgehead atoms. The second-order valence-electron chi connectivity index (χ2n) is 27.4. The summed E-state index contributed by atoms with van der Waals surface area (Å²) in [7, 11) is 0. The van der Waals surface area contributed by atoms with E-state index in [1.54, 1.807) is 0 Å². The van der Waals surface area contributed by atoms with E-state index in [-0.39, 0.29) is 74.7 Å². The smallest absolute Gasteiger partial charge is 0.234 e. The summed E-state index contributed by atoms with van der Waals surface area (Å²) in [5.74, 6) is -0.631. The molecular weight excluding hydrogens is 1450 g/mol. The summed E-state index contributed by atoms with van der Waals surface area (Å²) in [4.78, 5) is 60.3. The minimum Gasteiger partial charge on any atom is -0.394 e. The number of aliphatic hydroxyl groups is 20. The molecule has 26 N–H and O–H groups in total. The predicted octanol–water partition coefficient (Wildman–Crippen LogP) is -11.1. The largest absolute Gasteiger partial charge is 0.394 e. The lowest BCUT2D eigenvalue weighted by Gasteiger charge is -2.46. The number of ether oxygens (including phenoxy) is 12. The number of nitrogens with two attached hydrogens (primary N) is 1. The first-order chi connectivity index (χ1) is 51.5. The summed E-state index contributed by atoms with van der Waals surface area (Å²) in [5, 5.41) is 211. The minimum atomic E-state index is -1.90. The summed E-state index contributed by atoms with van der Waals surface area (Å²) >= 11 is 0. The van der Waals surface area contributed by atoms with E-state index in [0.29, 0.717) is 64.5 Å². The lowest BCUT2D eigenvalue weighted by Crippen LogP contribution is -2.65. The van der Waals surface area contributed by atoms with E-state index in [2.05, 4.69) is 21.5 Å². The van der Waals surface area contributed by atoms with Crippen LogP contribution in [0.4, 0.5) is 0 Å². The maximum absolute atomic E-state index is 12.4. The summed E-state index contributed by atoms with van der Waals surface area (Å²) in [5.41, 5.74) is 10.8. The number of Topliss-reactive ketones (excluding diaryl/α,β-unsaturated/α-hetero) is 2. The number of unbranched alkanes of at least 4 members (excludes halogenated alkanes) is 7. The van der Waals surface area contributed by atoms with Crippen LogP contribution in [0.5, 0.6) is 0 Å². The average Bonchev–Trinajstić information content (AvgIpc) is 0.776. The van der Waals surface area contributed by atoms with Gasteiger partial charge >= 0.3 is 0 Å². The van der Waals surface area contributed by atoms with Crippen LogP contribution in [0.3, 0.4) is 0 Å². The Morgan fingerprint density at radius 1 is 0.370 bits per heavy atom. The van der Waals surface area contributed by atoms with E-state index in [4.69, 9.17) is 62.6 Å². The van der Waals surface area contributed by atoms with Gasteiger partial charge in [-0.2, -0.15) is 0 Å². The van der Waals surface area contributed by atoms with Gasteiger partial charge in [0.1, 0.15) is 158 Å². The van der Waals surface area contributed by atoms with E-state index >= 15 is 0 Å². The number of carbonyl (C=O) groups excluding carboxylic acids is 5. The number of hydrogen-bond acceptors (Lipinski definition) is 39. The molecule has 0 saturated carbocycles. The van der Waals surface area contributed by atoms with Crippen LogP contribution < -0.4 is 27.2 Å². The van der Waals surface area contributed by atoms with Crippen molar-refractivity contribution in [1.29, 1.82) is 0 Å². The average molecular weight is 1570 g/mol. The third kappa shape index (κ3) is 28.7. The first kappa shape index (κ1) is 95.0. The maximum Gasteiger partial charge on any atom is 0.234 e. The van der Waals surface area contributed by atoms with Crippen LogP contribution in [0.2, 0.25) is 0 Å². The van der Waals surface area contributed by atoms with Gasteiger partial charge in [0.05, 0.1) is 58.9 Å². The molecule has 42 heteroatoms. The highest BCUT2D eigenvalue weighted by molar-refractivity contribution is 5.82. The Morgan fingerprint density at radius 3 is 1.12 bits per heavy atom. The Morgan fingerprint density at radius 2 is 0.722 bits per heavy atom. The molecule has 42 nitrogen and oxygen atoms in total. The van der Waals surface area contributed by atoms with E-state index in [1.807, 2.05) is 6.92 Å². The lowest BCUT2D eigenvalue weighted by molar-refractivity contribution is -0.366. The quantitative estimate of drug-likeness (QED) is 0.0199. The zero-order valence-corrected chi connectivity index (χ0v) is 60.7. The van der Waals surface area contributed by atoms with Crippen molar-refractivity contribution in [2.75, 3.05) is 72.5 Å². The van der Waals surface area contributed by atoms with E-state index in [1.165, 1.54) is 6.92 Å². The normalized spacial score (nSPS) is 37.5. The summed E-state index contributed by atoms with van der Waals surface area (Å²) in [6, 6.07) is -0.479. The van der Waals surface area contributed by atoms with Crippen LogP contribution in [0.25, 0.3) is 0 Å². The Bertz CT molecular complexity index is 2560. The molecule has 0 spiro atoms. The molecular formula is C66H119N5O37. The standard InChI is InChI=1S/C35H64N4O19.C31H55NO18/c1-17(42)18(8-6-7-11-36)38-39-23(44)10-5-3-2-4-9-22(43)37-12-13-53-34-31(52)32(58-35-30(51)28(49)25(46)20(15-41)56-35)26(47)21(57-34)16-54-33-29(50)27(48)24(45)19(14-40)55-33;1-2-32-19(36)10-6-4-3-5-8-15(35)9-7-11-45-30-27(44)28(50-31-26(43)24(41)21(38)17(13-34)48-31)22(39)18(49-30)14-46-29-25(42)23(40)20(37)16(12-33)47-29/h18-21,24-35,38,40-41,45-52H,2-16,36H2,1H3,(H,37,43)(H,39,44);16-18,20-31,33-34,37-44H,2-14H2,1H3,(H,32,36)/t18-,19+,20+,21+,24+,25+,26+,27-,28-,29-,30-,31-,32-,33-,34+,35+;16-,17-,18-,20-,21-,22-,23+,24+,25+,26+,27+,28+,29+,30-,31-/m01/s1. The van der Waals surface area contributed by atoms with Crippen LogP contribution in [-0.2, 0) is 80.8 Å². The molecule has 6 rings (SSSR count). The third-order valence-electron chi connectivity index (χ3n) is 19.1. The third-order valence-corrected chi connectivity index (χ3v) is 19.1. The van der Waals surface area contributed by atoms with Gasteiger partial charge in [0.2, 0.25) is 17.7 Å². The Hall–Kier alpha value is -3.61. The molecule has 6 heterocycles. The first-order valence-electron chi connectivity index (χ1n) is 36.8. The molecule has 31 atom stereocenters. The van der Waals surface area contributed by atoms with Crippen molar-refractivity contribution in [3.8, 4) is 0 Å². The lowest BCUT2D eigenvalue weighted by atomic mass is 9.96. The van der Waals surface area contributed by atoms with Crippen LogP contribution in [0, 0.1) is 0 Å². The number of hydrazine groups is 1. The number of carbonyl (C=O) groups is 5. The molecule has 6 fully saturated rings. The van der Waals surface area contributed by atoms with Crippen molar-refractivity contribution in [1.82, 2.24) is 21.5 Å². The van der Waals surface area contributed by atoms with E-state index in [9.17, 15) is 126 Å². The van der Waals surface area contributed by atoms with Gasteiger partial charge in [-0.05, 0) is 65.3 Å².